The zero-order valence-electron chi connectivity index (χ0n) is 47.8. The molecule has 10 aromatic heterocycles. The van der Waals surface area contributed by atoms with Crippen LogP contribution in [0.2, 0.25) is 0 Å². The molecule has 4 N–H and O–H groups in total. The third-order valence-electron chi connectivity index (χ3n) is 6.02. The van der Waals surface area contributed by atoms with Gasteiger partial charge >= 0.3 is 0 Å². The fourth-order valence-corrected chi connectivity index (χ4v) is 5.07. The Balaban J connectivity index is -0.000000362. The first kappa shape index (κ1) is 73.3. The van der Waals surface area contributed by atoms with Crippen LogP contribution in [0.5, 0.6) is 0 Å². The van der Waals surface area contributed by atoms with Crippen molar-refractivity contribution in [3.05, 3.63) is 121 Å². The first-order valence-corrected chi connectivity index (χ1v) is 25.7. The maximum Gasteiger partial charge on any atom is 0.223 e. The Hall–Kier alpha value is -7.27. The second kappa shape index (κ2) is 49.3. The molecule has 10 rings (SSSR count). The van der Waals surface area contributed by atoms with Crippen LogP contribution >= 0.6 is 34.4 Å². The van der Waals surface area contributed by atoms with Gasteiger partial charge in [-0.3, -0.25) is 20.4 Å². The summed E-state index contributed by atoms with van der Waals surface area (Å²) in [5.41, 5.74) is 1.11. The fourth-order valence-electron chi connectivity index (χ4n) is 3.52. The third kappa shape index (κ3) is 47.1. The number of H-pyrrole nitrogens is 4. The number of aryl methyl sites for hydroxylation is 16. The van der Waals surface area contributed by atoms with Gasteiger partial charge in [0.1, 0.15) is 68.1 Å². The number of rotatable bonds is 0. The molecule has 0 aliphatic rings. The molecular formula is C45H81N23O3S3. The molecule has 0 amide bonds. The van der Waals surface area contributed by atoms with E-state index in [1.165, 1.54) is 42.0 Å². The number of nitrogens with one attached hydrogen (secondary N) is 4. The van der Waals surface area contributed by atoms with Crippen molar-refractivity contribution >= 4 is 34.4 Å². The summed E-state index contributed by atoms with van der Waals surface area (Å²) in [6.07, 6.45) is 6.18. The Kier molecular flexibility index (Phi) is 48.8. The third-order valence-corrected chi connectivity index (χ3v) is 8.19. The standard InChI is InChI=1S/3C4H6N2O.3C4H6N2S.C4H6N2.3C3H5N3.4C2H6/c1-3-5-6-4(2)7-3;2*1-3-5-4(2)7-6-3;1-3-5-6-4(2)7-3;2*1-3-5-4(2)7-6-3;1-4-2-3-5-6-4;3*1-3-4-2-5-6-3;4*1-2/h6*1-2H3;2-3H,1H3,(H,5,6);3*2H,1H3,(H,4,5,6);4*1-2H3. The van der Waals surface area contributed by atoms with Gasteiger partial charge in [-0.2, -0.15) is 39.1 Å². The second-order valence-corrected chi connectivity index (χ2v) is 15.9. The molecule has 0 bridgehead atoms. The zero-order valence-corrected chi connectivity index (χ0v) is 50.3. The van der Waals surface area contributed by atoms with Gasteiger partial charge in [0.2, 0.25) is 23.6 Å². The summed E-state index contributed by atoms with van der Waals surface area (Å²) in [6.45, 7) is 45.7. The molecule has 10 aromatic rings. The number of aromatic nitrogens is 23. The van der Waals surface area contributed by atoms with E-state index in [0.717, 1.165) is 54.8 Å². The molecule has 10 heterocycles. The summed E-state index contributed by atoms with van der Waals surface area (Å²) >= 11 is 4.51. The summed E-state index contributed by atoms with van der Waals surface area (Å²) in [5.74, 6) is 8.20. The quantitative estimate of drug-likeness (QED) is 0.110. The second-order valence-electron chi connectivity index (χ2n) is 12.6. The average molecular weight is 1090 g/mol. The highest BCUT2D eigenvalue weighted by Crippen LogP contribution is 2.04. The van der Waals surface area contributed by atoms with Gasteiger partial charge in [-0.1, -0.05) is 65.7 Å². The highest BCUT2D eigenvalue weighted by atomic mass is 32.1. The summed E-state index contributed by atoms with van der Waals surface area (Å²) in [7, 11) is 0. The van der Waals surface area contributed by atoms with Gasteiger partial charge in [0.05, 0.1) is 0 Å². The van der Waals surface area contributed by atoms with Gasteiger partial charge in [0.15, 0.2) is 11.6 Å². The lowest BCUT2D eigenvalue weighted by Gasteiger charge is -1.70. The molecule has 0 saturated heterocycles. The molecule has 0 unspecified atom stereocenters. The van der Waals surface area contributed by atoms with E-state index < -0.39 is 0 Å². The fraction of sp³-hybridized carbons (Fsp3) is 0.533. The molecule has 0 radical (unpaired) electrons. The lowest BCUT2D eigenvalue weighted by molar-refractivity contribution is 0.389. The van der Waals surface area contributed by atoms with Gasteiger partial charge in [0.25, 0.3) is 0 Å². The summed E-state index contributed by atoms with van der Waals surface area (Å²) in [6, 6.07) is 1.92. The van der Waals surface area contributed by atoms with Crippen LogP contribution in [0, 0.1) is 111 Å². The highest BCUT2D eigenvalue weighted by molar-refractivity contribution is 7.11. The Morgan fingerprint density at radius 2 is 0.730 bits per heavy atom. The summed E-state index contributed by atoms with van der Waals surface area (Å²) in [4.78, 5) is 27.0. The van der Waals surface area contributed by atoms with E-state index in [0.29, 0.717) is 35.2 Å². The zero-order chi connectivity index (χ0) is 57.3. The van der Waals surface area contributed by atoms with Gasteiger partial charge in [-0.25, -0.2) is 24.9 Å². The molecule has 0 atom stereocenters. The predicted molar refractivity (Wildman–Crippen MR) is 292 cm³/mol. The lowest BCUT2D eigenvalue weighted by Crippen LogP contribution is -1.70. The van der Waals surface area contributed by atoms with Crippen LogP contribution in [0.15, 0.2) is 44.7 Å². The normalized spacial score (nSPS) is 8.54. The van der Waals surface area contributed by atoms with E-state index >= 15 is 0 Å². The minimum atomic E-state index is 0.623. The number of hydrogen-bond donors (Lipinski definition) is 4. The van der Waals surface area contributed by atoms with E-state index in [2.05, 4.69) is 124 Å². The molecule has 0 spiro atoms. The summed E-state index contributed by atoms with van der Waals surface area (Å²) in [5, 5.41) is 51.1. The molecule has 74 heavy (non-hydrogen) atoms. The Bertz CT molecular complexity index is 2070. The van der Waals surface area contributed by atoms with E-state index in [9.17, 15) is 0 Å². The topological polar surface area (TPSA) is 347 Å². The minimum Gasteiger partial charge on any atom is -0.426 e. The van der Waals surface area contributed by atoms with Crippen molar-refractivity contribution in [2.45, 2.75) is 166 Å². The molecular weight excluding hydrogens is 1010 g/mol. The van der Waals surface area contributed by atoms with E-state index in [1.807, 2.05) is 131 Å². The first-order chi connectivity index (χ1) is 35.3. The molecule has 29 heteroatoms. The van der Waals surface area contributed by atoms with Crippen molar-refractivity contribution in [2.24, 2.45) is 0 Å². The van der Waals surface area contributed by atoms with Gasteiger partial charge in [0, 0.05) is 39.6 Å². The van der Waals surface area contributed by atoms with Gasteiger partial charge < -0.3 is 13.5 Å². The van der Waals surface area contributed by atoms with Gasteiger partial charge in [-0.05, 0) is 112 Å². The average Bonchev–Trinajstić information content (AvgIpc) is 4.21. The maximum atomic E-state index is 4.86. The highest BCUT2D eigenvalue weighted by Gasteiger charge is 1.92. The van der Waals surface area contributed by atoms with Crippen LogP contribution in [0.1, 0.15) is 145 Å². The molecule has 0 aromatic carbocycles. The molecule has 0 fully saturated rings. The van der Waals surface area contributed by atoms with Crippen LogP contribution < -0.4 is 0 Å². The lowest BCUT2D eigenvalue weighted by atomic mass is 10.5. The largest absolute Gasteiger partial charge is 0.426 e. The molecule has 0 aliphatic heterocycles. The Morgan fingerprint density at radius 1 is 0.378 bits per heavy atom. The van der Waals surface area contributed by atoms with Crippen molar-refractivity contribution < 1.29 is 13.5 Å². The predicted octanol–water partition coefficient (Wildman–Crippen LogP) is 10.7. The number of nitrogens with zero attached hydrogens (tertiary/aromatic N) is 19. The summed E-state index contributed by atoms with van der Waals surface area (Å²) < 4.78 is 22.0. The first-order valence-electron chi connectivity index (χ1n) is 23.3. The van der Waals surface area contributed by atoms with Crippen LogP contribution in [0.25, 0.3) is 0 Å². The van der Waals surface area contributed by atoms with E-state index in [-0.39, 0.29) is 0 Å². The molecule has 0 aliphatic carbocycles. The van der Waals surface area contributed by atoms with Crippen molar-refractivity contribution in [1.29, 1.82) is 0 Å². The molecule has 0 saturated carbocycles. The van der Waals surface area contributed by atoms with Crippen molar-refractivity contribution in [2.75, 3.05) is 0 Å². The minimum absolute atomic E-state index is 0.623. The molecule has 412 valence electrons. The van der Waals surface area contributed by atoms with Crippen LogP contribution in [0.4, 0.5) is 0 Å². The molecule has 26 nitrogen and oxygen atoms in total. The van der Waals surface area contributed by atoms with E-state index in [4.69, 9.17) is 4.42 Å². The van der Waals surface area contributed by atoms with Gasteiger partial charge in [-0.15, -0.1) is 31.7 Å². The van der Waals surface area contributed by atoms with Crippen molar-refractivity contribution in [3.63, 3.8) is 0 Å². The van der Waals surface area contributed by atoms with Crippen molar-refractivity contribution in [3.8, 4) is 0 Å². The van der Waals surface area contributed by atoms with Crippen LogP contribution in [-0.2, 0) is 0 Å². The number of aromatic amines is 4. The Morgan fingerprint density at radius 3 is 0.811 bits per heavy atom. The van der Waals surface area contributed by atoms with E-state index in [1.54, 1.807) is 59.1 Å². The monoisotopic (exact) mass is 1090 g/mol. The van der Waals surface area contributed by atoms with Crippen molar-refractivity contribution in [1.82, 2.24) is 115 Å². The maximum absolute atomic E-state index is 4.86. The van der Waals surface area contributed by atoms with Crippen LogP contribution in [0.3, 0.4) is 0 Å². The Labute approximate surface area is 448 Å². The SMILES string of the molecule is CC.CC.CC.CC.Cc1ccn[nH]1.Cc1ncn[nH]1.Cc1ncn[nH]1.Cc1ncn[nH]1.Cc1nnc(C)o1.Cc1nnc(C)s1.Cc1noc(C)n1.Cc1noc(C)n1.Cc1nsc(C)n1.Cc1nsc(C)n1. The number of hydrogen-bond acceptors (Lipinski definition) is 25. The van der Waals surface area contributed by atoms with Crippen LogP contribution in [-0.4, -0.2) is 115 Å². The smallest absolute Gasteiger partial charge is 0.223 e.